The van der Waals surface area contributed by atoms with Crippen molar-refractivity contribution in [3.63, 3.8) is 0 Å². The maximum atomic E-state index is 13.0. The molecule has 2 aromatic rings. The predicted octanol–water partition coefficient (Wildman–Crippen LogP) is 2.95. The van der Waals surface area contributed by atoms with E-state index in [2.05, 4.69) is 10.6 Å². The van der Waals surface area contributed by atoms with Crippen LogP contribution in [-0.4, -0.2) is 11.8 Å². The third-order valence-corrected chi connectivity index (χ3v) is 3.13. The average molecular weight is 322 g/mol. The normalized spacial score (nSPS) is 10.1. The zero-order valence-corrected chi connectivity index (χ0v) is 12.4. The highest BCUT2D eigenvalue weighted by molar-refractivity contribution is 6.44. The minimum absolute atomic E-state index is 0.152. The zero-order chi connectivity index (χ0) is 16.3. The van der Waals surface area contributed by atoms with E-state index >= 15 is 0 Å². The summed E-state index contributed by atoms with van der Waals surface area (Å²) < 4.78 is 13.0. The quantitative estimate of drug-likeness (QED) is 0.587. The van der Waals surface area contributed by atoms with Gasteiger partial charge in [0.15, 0.2) is 0 Å². The van der Waals surface area contributed by atoms with Gasteiger partial charge >= 0.3 is 11.8 Å². The fraction of sp³-hybridized carbons (Fsp3) is 0.0667. The number of nitrogens with one attached hydrogen (secondary N) is 2. The van der Waals surface area contributed by atoms with E-state index in [9.17, 15) is 14.0 Å². The Labute approximate surface area is 131 Å². The van der Waals surface area contributed by atoms with Gasteiger partial charge in [-0.15, -0.1) is 0 Å². The molecule has 0 atom stereocenters. The van der Waals surface area contributed by atoms with Crippen molar-refractivity contribution >= 4 is 40.5 Å². The van der Waals surface area contributed by atoms with Crippen LogP contribution in [-0.2, 0) is 9.59 Å². The number of nitrogens with two attached hydrogens (primary N) is 1. The Bertz CT molecular complexity index is 750. The Morgan fingerprint density at radius 3 is 2.41 bits per heavy atom. The number of halogens is 2. The van der Waals surface area contributed by atoms with E-state index < -0.39 is 17.6 Å². The molecule has 0 spiro atoms. The number of carbonyl (C=O) groups excluding carboxylic acids is 2. The Hall–Kier alpha value is -2.60. The van der Waals surface area contributed by atoms with Crippen molar-refractivity contribution in [3.8, 4) is 0 Å². The number of amides is 2. The molecule has 2 aromatic carbocycles. The number of benzene rings is 2. The van der Waals surface area contributed by atoms with Gasteiger partial charge in [-0.05, 0) is 42.8 Å². The highest BCUT2D eigenvalue weighted by Gasteiger charge is 2.15. The second-order valence-electron chi connectivity index (χ2n) is 4.63. The van der Waals surface area contributed by atoms with Crippen LogP contribution in [0.1, 0.15) is 5.56 Å². The average Bonchev–Trinajstić information content (AvgIpc) is 2.45. The first-order chi connectivity index (χ1) is 10.4. The van der Waals surface area contributed by atoms with Gasteiger partial charge in [-0.3, -0.25) is 9.59 Å². The van der Waals surface area contributed by atoms with E-state index in [1.54, 1.807) is 18.2 Å². The third kappa shape index (κ3) is 3.73. The van der Waals surface area contributed by atoms with E-state index in [0.717, 1.165) is 11.6 Å². The monoisotopic (exact) mass is 321 g/mol. The molecule has 0 saturated heterocycles. The molecule has 0 saturated carbocycles. The van der Waals surface area contributed by atoms with Gasteiger partial charge in [-0.2, -0.15) is 0 Å². The van der Waals surface area contributed by atoms with Gasteiger partial charge in [0, 0.05) is 5.69 Å². The van der Waals surface area contributed by atoms with Crippen molar-refractivity contribution in [2.24, 2.45) is 0 Å². The van der Waals surface area contributed by atoms with Gasteiger partial charge in [0.05, 0.1) is 16.4 Å². The van der Waals surface area contributed by atoms with Crippen LogP contribution in [0.25, 0.3) is 0 Å². The second-order valence-corrected chi connectivity index (χ2v) is 5.04. The number of hydrogen-bond acceptors (Lipinski definition) is 3. The number of carbonyl (C=O) groups is 2. The van der Waals surface area contributed by atoms with Crippen LogP contribution < -0.4 is 16.4 Å². The molecule has 7 heteroatoms. The van der Waals surface area contributed by atoms with Gasteiger partial charge in [-0.25, -0.2) is 4.39 Å². The molecule has 0 aliphatic carbocycles. The summed E-state index contributed by atoms with van der Waals surface area (Å²) >= 11 is 5.60. The topological polar surface area (TPSA) is 84.2 Å². The molecular formula is C15H13ClFN3O2. The van der Waals surface area contributed by atoms with Crippen molar-refractivity contribution in [1.82, 2.24) is 0 Å². The Morgan fingerprint density at radius 2 is 1.77 bits per heavy atom. The molecule has 0 heterocycles. The summed E-state index contributed by atoms with van der Waals surface area (Å²) in [6.07, 6.45) is 0. The number of hydrogen-bond donors (Lipinski definition) is 3. The van der Waals surface area contributed by atoms with E-state index in [4.69, 9.17) is 17.3 Å². The summed E-state index contributed by atoms with van der Waals surface area (Å²) in [4.78, 5) is 23.6. The molecule has 2 amide bonds. The second kappa shape index (κ2) is 6.44. The summed E-state index contributed by atoms with van der Waals surface area (Å²) in [5, 5.41) is 4.57. The molecule has 0 unspecified atom stereocenters. The molecule has 2 rings (SSSR count). The molecule has 0 aliphatic rings. The van der Waals surface area contributed by atoms with Crippen LogP contribution in [0.2, 0.25) is 5.02 Å². The summed E-state index contributed by atoms with van der Waals surface area (Å²) in [5.74, 6) is -2.42. The molecule has 22 heavy (non-hydrogen) atoms. The largest absolute Gasteiger partial charge is 0.397 e. The Balaban J connectivity index is 2.05. The lowest BCUT2D eigenvalue weighted by Gasteiger charge is -2.09. The van der Waals surface area contributed by atoms with E-state index in [1.807, 2.05) is 6.92 Å². The minimum Gasteiger partial charge on any atom is -0.397 e. The lowest BCUT2D eigenvalue weighted by molar-refractivity contribution is -0.132. The first-order valence-electron chi connectivity index (χ1n) is 6.30. The molecule has 0 radical (unpaired) electrons. The number of nitrogen functional groups attached to an aromatic ring is 1. The number of rotatable bonds is 2. The van der Waals surface area contributed by atoms with E-state index in [-0.39, 0.29) is 10.7 Å². The Kier molecular flexibility index (Phi) is 4.62. The maximum Gasteiger partial charge on any atom is 0.314 e. The first kappa shape index (κ1) is 15.8. The van der Waals surface area contributed by atoms with Gasteiger partial charge < -0.3 is 16.4 Å². The highest BCUT2D eigenvalue weighted by Crippen LogP contribution is 2.21. The SMILES string of the molecule is Cc1ccc(NC(=O)C(=O)Nc2ccc(F)c(Cl)c2)c(N)c1. The standard InChI is InChI=1S/C15H13ClFN3O2/c1-8-2-5-13(12(18)6-8)20-15(22)14(21)19-9-3-4-11(17)10(16)7-9/h2-7H,18H2,1H3,(H,19,21)(H,20,22). The van der Waals surface area contributed by atoms with E-state index in [0.29, 0.717) is 11.4 Å². The van der Waals surface area contributed by atoms with Crippen LogP contribution in [0.4, 0.5) is 21.5 Å². The van der Waals surface area contributed by atoms with Crippen LogP contribution in [0.15, 0.2) is 36.4 Å². The summed E-state index contributed by atoms with van der Waals surface area (Å²) in [6, 6.07) is 8.63. The van der Waals surface area contributed by atoms with Gasteiger partial charge in [0.25, 0.3) is 0 Å². The highest BCUT2D eigenvalue weighted by atomic mass is 35.5. The van der Waals surface area contributed by atoms with Crippen LogP contribution in [0.5, 0.6) is 0 Å². The molecule has 5 nitrogen and oxygen atoms in total. The van der Waals surface area contributed by atoms with Crippen molar-refractivity contribution < 1.29 is 14.0 Å². The Morgan fingerprint density at radius 1 is 1.09 bits per heavy atom. The minimum atomic E-state index is -0.914. The van der Waals surface area contributed by atoms with E-state index in [1.165, 1.54) is 12.1 Å². The smallest absolute Gasteiger partial charge is 0.314 e. The lowest BCUT2D eigenvalue weighted by atomic mass is 10.2. The van der Waals surface area contributed by atoms with Crippen LogP contribution in [0, 0.1) is 12.7 Å². The van der Waals surface area contributed by atoms with Crippen molar-refractivity contribution in [1.29, 1.82) is 0 Å². The molecular weight excluding hydrogens is 309 g/mol. The zero-order valence-electron chi connectivity index (χ0n) is 11.6. The van der Waals surface area contributed by atoms with Crippen LogP contribution >= 0.6 is 11.6 Å². The summed E-state index contributed by atoms with van der Waals surface area (Å²) in [5.41, 5.74) is 7.59. The molecule has 4 N–H and O–H groups in total. The molecule has 0 aromatic heterocycles. The predicted molar refractivity (Wildman–Crippen MR) is 84.3 cm³/mol. The van der Waals surface area contributed by atoms with Crippen LogP contribution in [0.3, 0.4) is 0 Å². The maximum absolute atomic E-state index is 13.0. The molecule has 0 bridgehead atoms. The number of anilines is 3. The van der Waals surface area contributed by atoms with Gasteiger partial charge in [-0.1, -0.05) is 17.7 Å². The fourth-order valence-corrected chi connectivity index (χ4v) is 1.92. The first-order valence-corrected chi connectivity index (χ1v) is 6.68. The number of aryl methyl sites for hydroxylation is 1. The third-order valence-electron chi connectivity index (χ3n) is 2.84. The molecule has 114 valence electrons. The summed E-state index contributed by atoms with van der Waals surface area (Å²) in [6.45, 7) is 1.85. The summed E-state index contributed by atoms with van der Waals surface area (Å²) in [7, 11) is 0. The van der Waals surface area contributed by atoms with Gasteiger partial charge in [0.2, 0.25) is 0 Å². The molecule has 0 aliphatic heterocycles. The van der Waals surface area contributed by atoms with Crippen molar-refractivity contribution in [2.45, 2.75) is 6.92 Å². The fourth-order valence-electron chi connectivity index (χ4n) is 1.74. The molecule has 0 fully saturated rings. The van der Waals surface area contributed by atoms with Gasteiger partial charge in [0.1, 0.15) is 5.82 Å². The van der Waals surface area contributed by atoms with Crippen molar-refractivity contribution in [2.75, 3.05) is 16.4 Å². The van der Waals surface area contributed by atoms with Crippen molar-refractivity contribution in [3.05, 3.63) is 52.8 Å². The lowest BCUT2D eigenvalue weighted by Crippen LogP contribution is -2.29.